The number of para-hydroxylation sites is 1. The summed E-state index contributed by atoms with van der Waals surface area (Å²) in [5.41, 5.74) is 4.58. The predicted molar refractivity (Wildman–Crippen MR) is 99.0 cm³/mol. The van der Waals surface area contributed by atoms with Crippen LogP contribution in [0.4, 0.5) is 0 Å². The normalized spacial score (nSPS) is 13.5. The van der Waals surface area contributed by atoms with Gasteiger partial charge in [0.05, 0.1) is 11.1 Å². The summed E-state index contributed by atoms with van der Waals surface area (Å²) in [6, 6.07) is 15.1. The zero-order valence-corrected chi connectivity index (χ0v) is 14.6. The molecule has 0 spiro atoms. The van der Waals surface area contributed by atoms with Crippen molar-refractivity contribution >= 4 is 28.5 Å². The second kappa shape index (κ2) is 6.85. The highest BCUT2D eigenvalue weighted by atomic mass is 35.5. The Balaban J connectivity index is 1.69. The molecule has 126 valence electrons. The van der Waals surface area contributed by atoms with Gasteiger partial charge in [-0.25, -0.2) is 4.79 Å². The third-order valence-corrected chi connectivity index (χ3v) is 4.91. The van der Waals surface area contributed by atoms with Gasteiger partial charge in [0.1, 0.15) is 6.61 Å². The first kappa shape index (κ1) is 16.1. The molecule has 0 fully saturated rings. The van der Waals surface area contributed by atoms with Gasteiger partial charge in [-0.05, 0) is 55.0 Å². The van der Waals surface area contributed by atoms with Crippen molar-refractivity contribution in [2.45, 2.75) is 32.3 Å². The Hall–Kier alpha value is -2.39. The van der Waals surface area contributed by atoms with Crippen LogP contribution in [0.1, 0.15) is 40.0 Å². The van der Waals surface area contributed by atoms with E-state index in [1.165, 1.54) is 0 Å². The van der Waals surface area contributed by atoms with Gasteiger partial charge < -0.3 is 4.74 Å². The van der Waals surface area contributed by atoms with Gasteiger partial charge in [0, 0.05) is 16.1 Å². The molecule has 4 rings (SSSR count). The van der Waals surface area contributed by atoms with E-state index in [9.17, 15) is 4.79 Å². The Labute approximate surface area is 151 Å². The van der Waals surface area contributed by atoms with E-state index in [4.69, 9.17) is 21.3 Å². The molecule has 0 N–H and O–H groups in total. The molecule has 4 heteroatoms. The zero-order valence-electron chi connectivity index (χ0n) is 13.8. The van der Waals surface area contributed by atoms with Crippen LogP contribution in [0.25, 0.3) is 10.9 Å². The van der Waals surface area contributed by atoms with E-state index in [0.29, 0.717) is 10.6 Å². The van der Waals surface area contributed by atoms with Gasteiger partial charge in [-0.2, -0.15) is 0 Å². The minimum atomic E-state index is -0.272. The molecule has 0 unspecified atom stereocenters. The smallest absolute Gasteiger partial charge is 0.339 e. The largest absolute Gasteiger partial charge is 0.457 e. The number of hydrogen-bond acceptors (Lipinski definition) is 3. The van der Waals surface area contributed by atoms with Gasteiger partial charge in [-0.3, -0.25) is 4.98 Å². The summed E-state index contributed by atoms with van der Waals surface area (Å²) in [6.45, 7) is 0.238. The molecule has 1 aromatic heterocycles. The van der Waals surface area contributed by atoms with E-state index in [1.807, 2.05) is 36.4 Å². The molecule has 0 amide bonds. The van der Waals surface area contributed by atoms with E-state index in [0.717, 1.165) is 53.4 Å². The lowest BCUT2D eigenvalue weighted by Gasteiger charge is -2.20. The van der Waals surface area contributed by atoms with Crippen LogP contribution in [-0.4, -0.2) is 11.0 Å². The topological polar surface area (TPSA) is 39.2 Å². The van der Waals surface area contributed by atoms with Crippen molar-refractivity contribution in [2.24, 2.45) is 0 Å². The molecular weight excluding hydrogens is 334 g/mol. The highest BCUT2D eigenvalue weighted by Crippen LogP contribution is 2.30. The van der Waals surface area contributed by atoms with Crippen molar-refractivity contribution in [3.63, 3.8) is 0 Å². The van der Waals surface area contributed by atoms with Gasteiger partial charge in [0.15, 0.2) is 0 Å². The summed E-state index contributed by atoms with van der Waals surface area (Å²) >= 11 is 5.90. The molecule has 0 aliphatic heterocycles. The molecule has 0 radical (unpaired) electrons. The zero-order chi connectivity index (χ0) is 17.2. The first-order valence-corrected chi connectivity index (χ1v) is 8.92. The van der Waals surface area contributed by atoms with E-state index < -0.39 is 0 Å². The number of halogens is 1. The molecule has 0 bridgehead atoms. The van der Waals surface area contributed by atoms with E-state index in [-0.39, 0.29) is 12.6 Å². The Morgan fingerprint density at radius 3 is 2.64 bits per heavy atom. The predicted octanol–water partition coefficient (Wildman–Crippen LogP) is 5.12. The summed E-state index contributed by atoms with van der Waals surface area (Å²) in [4.78, 5) is 17.7. The Kier molecular flexibility index (Phi) is 4.41. The maximum atomic E-state index is 12.9. The average molecular weight is 352 g/mol. The summed E-state index contributed by atoms with van der Waals surface area (Å²) in [5, 5.41) is 1.55. The van der Waals surface area contributed by atoms with Crippen molar-refractivity contribution in [3.05, 3.63) is 75.9 Å². The lowest BCUT2D eigenvalue weighted by molar-refractivity contribution is 0.0473. The molecule has 1 heterocycles. The summed E-state index contributed by atoms with van der Waals surface area (Å²) in [5.74, 6) is -0.272. The quantitative estimate of drug-likeness (QED) is 0.614. The van der Waals surface area contributed by atoms with Gasteiger partial charge >= 0.3 is 5.97 Å². The number of aryl methyl sites for hydroxylation is 1. The number of benzene rings is 2. The van der Waals surface area contributed by atoms with E-state index >= 15 is 0 Å². The van der Waals surface area contributed by atoms with Gasteiger partial charge in [-0.1, -0.05) is 41.9 Å². The molecule has 2 aromatic carbocycles. The van der Waals surface area contributed by atoms with Gasteiger partial charge in [-0.15, -0.1) is 0 Å². The molecule has 1 aliphatic rings. The lowest BCUT2D eigenvalue weighted by Crippen LogP contribution is -2.15. The van der Waals surface area contributed by atoms with Crippen LogP contribution in [0, 0.1) is 0 Å². The van der Waals surface area contributed by atoms with Crippen molar-refractivity contribution in [2.75, 3.05) is 0 Å². The summed E-state index contributed by atoms with van der Waals surface area (Å²) in [7, 11) is 0. The van der Waals surface area contributed by atoms with Gasteiger partial charge in [0.25, 0.3) is 0 Å². The van der Waals surface area contributed by atoms with Crippen LogP contribution in [0.5, 0.6) is 0 Å². The number of ether oxygens (including phenoxy) is 1. The second-order valence-corrected chi connectivity index (χ2v) is 6.78. The summed E-state index contributed by atoms with van der Waals surface area (Å²) < 4.78 is 5.62. The standard InChI is InChI=1S/C21H18ClNO2/c22-15-11-9-14(10-12-15)13-25-21(24)20-16-5-1-3-7-18(16)23-19-8-4-2-6-17(19)20/h1,3,5,7,9-12H,2,4,6,8,13H2. The first-order chi connectivity index (χ1) is 12.2. The maximum absolute atomic E-state index is 12.9. The fraction of sp³-hybridized carbons (Fsp3) is 0.238. The number of hydrogen-bond donors (Lipinski definition) is 0. The van der Waals surface area contributed by atoms with Crippen molar-refractivity contribution < 1.29 is 9.53 Å². The molecule has 3 nitrogen and oxygen atoms in total. The third kappa shape index (κ3) is 3.24. The third-order valence-electron chi connectivity index (χ3n) is 4.66. The van der Waals surface area contributed by atoms with Crippen LogP contribution in [0.15, 0.2) is 48.5 Å². The first-order valence-electron chi connectivity index (χ1n) is 8.54. The lowest BCUT2D eigenvalue weighted by atomic mass is 9.90. The molecule has 0 saturated carbocycles. The van der Waals surface area contributed by atoms with Crippen LogP contribution < -0.4 is 0 Å². The fourth-order valence-corrected chi connectivity index (χ4v) is 3.53. The monoisotopic (exact) mass is 351 g/mol. The molecular formula is C21H18ClNO2. The second-order valence-electron chi connectivity index (χ2n) is 6.34. The van der Waals surface area contributed by atoms with E-state index in [1.54, 1.807) is 12.1 Å². The number of carbonyl (C=O) groups excluding carboxylic acids is 1. The molecule has 25 heavy (non-hydrogen) atoms. The number of fused-ring (bicyclic) bond motifs is 2. The number of nitrogens with zero attached hydrogens (tertiary/aromatic N) is 1. The van der Waals surface area contributed by atoms with Crippen molar-refractivity contribution in [1.82, 2.24) is 4.98 Å². The number of rotatable bonds is 3. The number of esters is 1. The highest BCUT2D eigenvalue weighted by Gasteiger charge is 2.23. The van der Waals surface area contributed by atoms with Crippen LogP contribution in [0.2, 0.25) is 5.02 Å². The Bertz CT molecular complexity index is 935. The Morgan fingerprint density at radius 1 is 1.04 bits per heavy atom. The van der Waals surface area contributed by atoms with Crippen molar-refractivity contribution in [1.29, 1.82) is 0 Å². The minimum absolute atomic E-state index is 0.238. The molecule has 0 atom stereocenters. The SMILES string of the molecule is O=C(OCc1ccc(Cl)cc1)c1c2c(nc3ccccc13)CCCC2. The number of pyridine rings is 1. The Morgan fingerprint density at radius 2 is 1.80 bits per heavy atom. The van der Waals surface area contributed by atoms with Crippen LogP contribution >= 0.6 is 11.6 Å². The van der Waals surface area contributed by atoms with Crippen LogP contribution in [-0.2, 0) is 24.2 Å². The van der Waals surface area contributed by atoms with Crippen molar-refractivity contribution in [3.8, 4) is 0 Å². The maximum Gasteiger partial charge on any atom is 0.339 e. The highest BCUT2D eigenvalue weighted by molar-refractivity contribution is 6.30. The van der Waals surface area contributed by atoms with Gasteiger partial charge in [0.2, 0.25) is 0 Å². The number of carbonyl (C=O) groups is 1. The van der Waals surface area contributed by atoms with Crippen LogP contribution in [0.3, 0.4) is 0 Å². The average Bonchev–Trinajstić information content (AvgIpc) is 2.65. The molecule has 1 aliphatic carbocycles. The fourth-order valence-electron chi connectivity index (χ4n) is 3.41. The van der Waals surface area contributed by atoms with E-state index in [2.05, 4.69) is 0 Å². The molecule has 0 saturated heterocycles. The summed E-state index contributed by atoms with van der Waals surface area (Å²) in [6.07, 6.45) is 4.03. The minimum Gasteiger partial charge on any atom is -0.457 e. The molecule has 3 aromatic rings. The number of aromatic nitrogens is 1.